The molecule has 1 heterocycles. The molecule has 0 aliphatic carbocycles. The van der Waals surface area contributed by atoms with Gasteiger partial charge in [0.1, 0.15) is 5.82 Å². The quantitative estimate of drug-likeness (QED) is 0.777. The van der Waals surface area contributed by atoms with Gasteiger partial charge in [0, 0.05) is 6.04 Å². The summed E-state index contributed by atoms with van der Waals surface area (Å²) in [6.07, 6.45) is 2.20. The Morgan fingerprint density at radius 3 is 2.93 bits per heavy atom. The van der Waals surface area contributed by atoms with Gasteiger partial charge in [-0.2, -0.15) is 0 Å². The van der Waals surface area contributed by atoms with Crippen molar-refractivity contribution in [1.82, 2.24) is 5.32 Å². The van der Waals surface area contributed by atoms with Crippen molar-refractivity contribution in [2.45, 2.75) is 31.3 Å². The summed E-state index contributed by atoms with van der Waals surface area (Å²) in [4.78, 5) is 0. The molecule has 0 spiro atoms. The van der Waals surface area contributed by atoms with Crippen LogP contribution in [0.4, 0.5) is 4.39 Å². The van der Waals surface area contributed by atoms with Crippen molar-refractivity contribution in [1.29, 1.82) is 0 Å². The molecule has 1 aromatic rings. The van der Waals surface area contributed by atoms with Crippen molar-refractivity contribution in [2.24, 2.45) is 5.73 Å². The molecule has 1 aromatic carbocycles. The maximum atomic E-state index is 13.1. The van der Waals surface area contributed by atoms with E-state index in [1.165, 1.54) is 12.1 Å². The van der Waals surface area contributed by atoms with Crippen LogP contribution >= 0.6 is 0 Å². The largest absolute Gasteiger partial charge is 0.320 e. The Morgan fingerprint density at radius 2 is 2.33 bits per heavy atom. The van der Waals surface area contributed by atoms with Gasteiger partial charge in [-0.25, -0.2) is 4.39 Å². The fourth-order valence-electron chi connectivity index (χ4n) is 2.22. The van der Waals surface area contributed by atoms with Crippen molar-refractivity contribution >= 4 is 0 Å². The maximum Gasteiger partial charge on any atom is 0.123 e. The van der Waals surface area contributed by atoms with E-state index in [-0.39, 0.29) is 11.9 Å². The second-order valence-corrected chi connectivity index (χ2v) is 4.44. The summed E-state index contributed by atoms with van der Waals surface area (Å²) in [5.74, 6) is -0.220. The van der Waals surface area contributed by atoms with Gasteiger partial charge < -0.3 is 11.1 Å². The highest BCUT2D eigenvalue weighted by Crippen LogP contribution is 2.27. The average molecular weight is 208 g/mol. The number of hydrogen-bond donors (Lipinski definition) is 2. The normalized spacial score (nSPS) is 25.1. The topological polar surface area (TPSA) is 38.0 Å². The molecular weight excluding hydrogens is 191 g/mol. The van der Waals surface area contributed by atoms with E-state index in [1.54, 1.807) is 6.07 Å². The molecule has 1 aliphatic heterocycles. The summed E-state index contributed by atoms with van der Waals surface area (Å²) >= 11 is 0. The molecule has 2 rings (SSSR count). The first-order chi connectivity index (χ1) is 7.10. The Kier molecular flexibility index (Phi) is 2.76. The number of hydrogen-bond acceptors (Lipinski definition) is 2. The van der Waals surface area contributed by atoms with Crippen molar-refractivity contribution in [3.8, 4) is 0 Å². The van der Waals surface area contributed by atoms with E-state index < -0.39 is 5.54 Å². The monoisotopic (exact) mass is 208 g/mol. The zero-order chi connectivity index (χ0) is 10.9. The van der Waals surface area contributed by atoms with Gasteiger partial charge in [0.15, 0.2) is 0 Å². The molecule has 2 atom stereocenters. The molecule has 1 fully saturated rings. The van der Waals surface area contributed by atoms with Gasteiger partial charge in [-0.15, -0.1) is 0 Å². The lowest BCUT2D eigenvalue weighted by Crippen LogP contribution is -2.49. The first kappa shape index (κ1) is 10.6. The summed E-state index contributed by atoms with van der Waals surface area (Å²) in [7, 11) is 0. The number of halogens is 1. The molecule has 2 unspecified atom stereocenters. The van der Waals surface area contributed by atoms with Crippen LogP contribution in [0.5, 0.6) is 0 Å². The number of nitrogens with one attached hydrogen (secondary N) is 1. The summed E-state index contributed by atoms with van der Waals surface area (Å²) in [6, 6.07) is 6.83. The SMILES string of the molecule is CC(N)(c1cccc(F)c1)C1CCCN1. The molecule has 82 valence electrons. The van der Waals surface area contributed by atoms with Gasteiger partial charge in [-0.1, -0.05) is 12.1 Å². The molecule has 3 N–H and O–H groups in total. The van der Waals surface area contributed by atoms with Crippen LogP contribution in [0.3, 0.4) is 0 Å². The van der Waals surface area contributed by atoms with Crippen molar-refractivity contribution < 1.29 is 4.39 Å². The maximum absolute atomic E-state index is 13.1. The first-order valence-corrected chi connectivity index (χ1v) is 5.39. The van der Waals surface area contributed by atoms with Crippen molar-refractivity contribution in [2.75, 3.05) is 6.54 Å². The van der Waals surface area contributed by atoms with Gasteiger partial charge in [0.2, 0.25) is 0 Å². The second-order valence-electron chi connectivity index (χ2n) is 4.44. The zero-order valence-corrected chi connectivity index (χ0v) is 8.96. The number of benzene rings is 1. The van der Waals surface area contributed by atoms with E-state index in [0.717, 1.165) is 24.9 Å². The van der Waals surface area contributed by atoms with Crippen LogP contribution in [0.2, 0.25) is 0 Å². The van der Waals surface area contributed by atoms with E-state index in [2.05, 4.69) is 5.32 Å². The van der Waals surface area contributed by atoms with Crippen molar-refractivity contribution in [3.05, 3.63) is 35.6 Å². The van der Waals surface area contributed by atoms with E-state index in [1.807, 2.05) is 13.0 Å². The molecule has 2 nitrogen and oxygen atoms in total. The summed E-state index contributed by atoms with van der Waals surface area (Å²) in [6.45, 7) is 2.97. The van der Waals surface area contributed by atoms with Gasteiger partial charge >= 0.3 is 0 Å². The molecule has 0 bridgehead atoms. The number of rotatable bonds is 2. The Balaban J connectivity index is 2.27. The highest BCUT2D eigenvalue weighted by molar-refractivity contribution is 5.26. The summed E-state index contributed by atoms with van der Waals surface area (Å²) < 4.78 is 13.1. The van der Waals surface area contributed by atoms with Gasteiger partial charge in [0.05, 0.1) is 5.54 Å². The van der Waals surface area contributed by atoms with E-state index in [9.17, 15) is 4.39 Å². The zero-order valence-electron chi connectivity index (χ0n) is 8.96. The smallest absolute Gasteiger partial charge is 0.123 e. The lowest BCUT2D eigenvalue weighted by Gasteiger charge is -2.32. The van der Waals surface area contributed by atoms with Crippen LogP contribution in [0.25, 0.3) is 0 Å². The second kappa shape index (κ2) is 3.91. The minimum atomic E-state index is -0.487. The van der Waals surface area contributed by atoms with E-state index >= 15 is 0 Å². The van der Waals surface area contributed by atoms with Gasteiger partial charge in [0.25, 0.3) is 0 Å². The Morgan fingerprint density at radius 1 is 1.53 bits per heavy atom. The summed E-state index contributed by atoms with van der Waals surface area (Å²) in [5.41, 5.74) is 6.66. The van der Waals surface area contributed by atoms with Gasteiger partial charge in [-0.3, -0.25) is 0 Å². The molecule has 15 heavy (non-hydrogen) atoms. The molecular formula is C12H17FN2. The average Bonchev–Trinajstić information content (AvgIpc) is 2.71. The summed E-state index contributed by atoms with van der Waals surface area (Å²) in [5, 5.41) is 3.37. The van der Waals surface area contributed by atoms with Crippen LogP contribution in [0, 0.1) is 5.82 Å². The predicted molar refractivity (Wildman–Crippen MR) is 59.0 cm³/mol. The third-order valence-electron chi connectivity index (χ3n) is 3.23. The fraction of sp³-hybridized carbons (Fsp3) is 0.500. The first-order valence-electron chi connectivity index (χ1n) is 5.39. The molecule has 1 saturated heterocycles. The van der Waals surface area contributed by atoms with Crippen molar-refractivity contribution in [3.63, 3.8) is 0 Å². The highest BCUT2D eigenvalue weighted by Gasteiger charge is 2.33. The van der Waals surface area contributed by atoms with Crippen LogP contribution in [0.1, 0.15) is 25.3 Å². The Labute approximate surface area is 89.7 Å². The van der Waals surface area contributed by atoms with E-state index in [0.29, 0.717) is 0 Å². The Hall–Kier alpha value is -0.930. The van der Waals surface area contributed by atoms with Crippen LogP contribution < -0.4 is 11.1 Å². The number of nitrogens with two attached hydrogens (primary N) is 1. The third kappa shape index (κ3) is 2.03. The molecule has 0 aromatic heterocycles. The Bertz CT molecular complexity index is 343. The lowest BCUT2D eigenvalue weighted by molar-refractivity contribution is 0.356. The lowest BCUT2D eigenvalue weighted by atomic mass is 9.85. The molecule has 0 saturated carbocycles. The molecule has 0 amide bonds. The van der Waals surface area contributed by atoms with Crippen LogP contribution in [0.15, 0.2) is 24.3 Å². The molecule has 1 aliphatic rings. The van der Waals surface area contributed by atoms with Gasteiger partial charge in [-0.05, 0) is 44.0 Å². The fourth-order valence-corrected chi connectivity index (χ4v) is 2.22. The predicted octanol–water partition coefficient (Wildman–Crippen LogP) is 1.75. The highest BCUT2D eigenvalue weighted by atomic mass is 19.1. The standard InChI is InChI=1S/C12H17FN2/c1-12(14,11-6-3-7-15-11)9-4-2-5-10(13)8-9/h2,4-5,8,11,15H,3,6-7,14H2,1H3. The molecule has 0 radical (unpaired) electrons. The third-order valence-corrected chi connectivity index (χ3v) is 3.23. The van der Waals surface area contributed by atoms with E-state index in [4.69, 9.17) is 5.73 Å². The van der Waals surface area contributed by atoms with Crippen LogP contribution in [-0.2, 0) is 5.54 Å². The minimum absolute atomic E-state index is 0.220. The molecule has 3 heteroatoms. The minimum Gasteiger partial charge on any atom is -0.320 e. The van der Waals surface area contributed by atoms with Crippen LogP contribution in [-0.4, -0.2) is 12.6 Å².